The van der Waals surface area contributed by atoms with Crippen LogP contribution in [0.5, 0.6) is 0 Å². The highest BCUT2D eigenvalue weighted by Crippen LogP contribution is 2.17. The topological polar surface area (TPSA) is 98.2 Å². The van der Waals surface area contributed by atoms with Crippen LogP contribution in [0, 0.1) is 6.92 Å². The Morgan fingerprint density at radius 2 is 2.00 bits per heavy atom. The van der Waals surface area contributed by atoms with Crippen LogP contribution in [0.2, 0.25) is 0 Å². The summed E-state index contributed by atoms with van der Waals surface area (Å²) >= 11 is 0. The molecule has 0 aliphatic heterocycles. The largest absolute Gasteiger partial charge is 0.366 e. The average Bonchev–Trinajstić information content (AvgIpc) is 2.29. The molecule has 1 atom stereocenters. The third-order valence-corrected chi connectivity index (χ3v) is 2.62. The van der Waals surface area contributed by atoms with E-state index in [1.54, 1.807) is 18.2 Å². The van der Waals surface area contributed by atoms with Gasteiger partial charge in [0.05, 0.1) is 0 Å². The van der Waals surface area contributed by atoms with E-state index in [1.807, 2.05) is 13.8 Å². The van der Waals surface area contributed by atoms with E-state index >= 15 is 0 Å². The summed E-state index contributed by atoms with van der Waals surface area (Å²) in [4.78, 5) is 22.7. The Balaban J connectivity index is 0.00000324. The highest BCUT2D eigenvalue weighted by atomic mass is 35.5. The molecule has 1 rings (SSSR count). The van der Waals surface area contributed by atoms with Gasteiger partial charge in [0.25, 0.3) is 0 Å². The molecule has 0 radical (unpaired) electrons. The molecule has 1 aromatic carbocycles. The number of anilines is 1. The Hall–Kier alpha value is -1.59. The van der Waals surface area contributed by atoms with Crippen molar-refractivity contribution in [3.8, 4) is 0 Å². The van der Waals surface area contributed by atoms with E-state index in [-0.39, 0.29) is 24.4 Å². The Labute approximate surface area is 119 Å². The number of hydrogen-bond donors (Lipinski definition) is 3. The Kier molecular flexibility index (Phi) is 7.11. The minimum atomic E-state index is -0.513. The fraction of sp³-hybridized carbons (Fsp3) is 0.385. The van der Waals surface area contributed by atoms with Gasteiger partial charge in [0.15, 0.2) is 0 Å². The second-order valence-electron chi connectivity index (χ2n) is 4.46. The van der Waals surface area contributed by atoms with E-state index < -0.39 is 5.91 Å². The molecule has 106 valence electrons. The van der Waals surface area contributed by atoms with Crippen molar-refractivity contribution in [1.82, 2.24) is 0 Å². The molecule has 0 aromatic heterocycles. The highest BCUT2D eigenvalue weighted by molar-refractivity contribution is 5.96. The van der Waals surface area contributed by atoms with Gasteiger partial charge in [0.2, 0.25) is 11.8 Å². The van der Waals surface area contributed by atoms with E-state index in [0.717, 1.165) is 5.56 Å². The van der Waals surface area contributed by atoms with E-state index in [2.05, 4.69) is 5.32 Å². The van der Waals surface area contributed by atoms with Crippen LogP contribution in [0.3, 0.4) is 0 Å². The van der Waals surface area contributed by atoms with Gasteiger partial charge in [0, 0.05) is 23.7 Å². The first-order chi connectivity index (χ1) is 8.40. The van der Waals surface area contributed by atoms with Gasteiger partial charge in [0.1, 0.15) is 0 Å². The standard InChI is InChI=1S/C13H19N3O2.ClH/c1-8-3-5-10(13(15)18)7-11(8)16-12(17)6-4-9(2)14;/h3,5,7,9H,4,6,14H2,1-2H3,(H2,15,18)(H,16,17);1H. The number of nitrogens with two attached hydrogens (primary N) is 2. The third kappa shape index (κ3) is 5.72. The zero-order valence-electron chi connectivity index (χ0n) is 11.1. The lowest BCUT2D eigenvalue weighted by molar-refractivity contribution is -0.116. The highest BCUT2D eigenvalue weighted by Gasteiger charge is 2.08. The maximum absolute atomic E-state index is 11.7. The normalized spacial score (nSPS) is 11.3. The van der Waals surface area contributed by atoms with Crippen LogP contribution < -0.4 is 16.8 Å². The zero-order chi connectivity index (χ0) is 13.7. The maximum Gasteiger partial charge on any atom is 0.248 e. The van der Waals surface area contributed by atoms with Gasteiger partial charge in [-0.25, -0.2) is 0 Å². The van der Waals surface area contributed by atoms with E-state index in [4.69, 9.17) is 11.5 Å². The van der Waals surface area contributed by atoms with Crippen molar-refractivity contribution in [2.45, 2.75) is 32.7 Å². The average molecular weight is 286 g/mol. The summed E-state index contributed by atoms with van der Waals surface area (Å²) in [5, 5.41) is 2.76. The molecule has 0 fully saturated rings. The number of aryl methyl sites for hydroxylation is 1. The van der Waals surface area contributed by atoms with E-state index in [1.165, 1.54) is 0 Å². The first-order valence-electron chi connectivity index (χ1n) is 5.86. The van der Waals surface area contributed by atoms with Crippen molar-refractivity contribution in [2.24, 2.45) is 11.5 Å². The number of halogens is 1. The van der Waals surface area contributed by atoms with Crippen LogP contribution in [0.1, 0.15) is 35.7 Å². The molecule has 0 aliphatic carbocycles. The molecule has 0 heterocycles. The van der Waals surface area contributed by atoms with Crippen molar-refractivity contribution in [1.29, 1.82) is 0 Å². The predicted octanol–water partition coefficient (Wildman–Crippen LogP) is 1.58. The second-order valence-corrected chi connectivity index (χ2v) is 4.46. The van der Waals surface area contributed by atoms with Crippen molar-refractivity contribution >= 4 is 29.9 Å². The molecule has 0 spiro atoms. The Morgan fingerprint density at radius 3 is 2.53 bits per heavy atom. The van der Waals surface area contributed by atoms with Crippen molar-refractivity contribution in [2.75, 3.05) is 5.32 Å². The first-order valence-corrected chi connectivity index (χ1v) is 5.86. The summed E-state index contributed by atoms with van der Waals surface area (Å²) in [6.07, 6.45) is 0.984. The molecular weight excluding hydrogens is 266 g/mol. The number of carbonyl (C=O) groups excluding carboxylic acids is 2. The number of primary amides is 1. The minimum Gasteiger partial charge on any atom is -0.366 e. The van der Waals surface area contributed by atoms with Crippen LogP contribution in [0.25, 0.3) is 0 Å². The van der Waals surface area contributed by atoms with Gasteiger partial charge < -0.3 is 16.8 Å². The summed E-state index contributed by atoms with van der Waals surface area (Å²) in [7, 11) is 0. The molecule has 19 heavy (non-hydrogen) atoms. The van der Waals surface area contributed by atoms with Gasteiger partial charge in [-0.15, -0.1) is 12.4 Å². The van der Waals surface area contributed by atoms with E-state index in [9.17, 15) is 9.59 Å². The Bertz CT molecular complexity index is 461. The van der Waals surface area contributed by atoms with Crippen molar-refractivity contribution in [3.63, 3.8) is 0 Å². The molecular formula is C13H20ClN3O2. The molecule has 5 N–H and O–H groups in total. The molecule has 5 nitrogen and oxygen atoms in total. The zero-order valence-corrected chi connectivity index (χ0v) is 11.9. The van der Waals surface area contributed by atoms with E-state index in [0.29, 0.717) is 24.1 Å². The molecule has 1 unspecified atom stereocenters. The maximum atomic E-state index is 11.7. The molecule has 0 saturated carbocycles. The lowest BCUT2D eigenvalue weighted by Crippen LogP contribution is -2.20. The fourth-order valence-electron chi connectivity index (χ4n) is 1.48. The summed E-state index contributed by atoms with van der Waals surface area (Å²) in [5.41, 5.74) is 12.7. The number of benzene rings is 1. The third-order valence-electron chi connectivity index (χ3n) is 2.62. The number of hydrogen-bond acceptors (Lipinski definition) is 3. The van der Waals surface area contributed by atoms with Crippen LogP contribution in [-0.2, 0) is 4.79 Å². The van der Waals surface area contributed by atoms with Crippen molar-refractivity contribution in [3.05, 3.63) is 29.3 Å². The van der Waals surface area contributed by atoms with Crippen LogP contribution in [0.4, 0.5) is 5.69 Å². The molecule has 0 bridgehead atoms. The fourth-order valence-corrected chi connectivity index (χ4v) is 1.48. The van der Waals surface area contributed by atoms with Crippen LogP contribution >= 0.6 is 12.4 Å². The summed E-state index contributed by atoms with van der Waals surface area (Å²) in [5.74, 6) is -0.627. The number of nitrogens with one attached hydrogen (secondary N) is 1. The SMILES string of the molecule is Cc1ccc(C(N)=O)cc1NC(=O)CCC(C)N.Cl. The summed E-state index contributed by atoms with van der Waals surface area (Å²) < 4.78 is 0. The van der Waals surface area contributed by atoms with Gasteiger partial charge in [-0.1, -0.05) is 6.07 Å². The van der Waals surface area contributed by atoms with Crippen molar-refractivity contribution < 1.29 is 9.59 Å². The van der Waals surface area contributed by atoms with Crippen LogP contribution in [-0.4, -0.2) is 17.9 Å². The first kappa shape index (κ1) is 17.4. The lowest BCUT2D eigenvalue weighted by atomic mass is 10.1. The van der Waals surface area contributed by atoms with Gasteiger partial charge >= 0.3 is 0 Å². The minimum absolute atomic E-state index is 0. The van der Waals surface area contributed by atoms with Gasteiger partial charge in [-0.3, -0.25) is 9.59 Å². The quantitative estimate of drug-likeness (QED) is 0.766. The summed E-state index contributed by atoms with van der Waals surface area (Å²) in [6, 6.07) is 4.96. The monoisotopic (exact) mass is 285 g/mol. The molecule has 2 amide bonds. The number of carbonyl (C=O) groups is 2. The van der Waals surface area contributed by atoms with Gasteiger partial charge in [-0.05, 0) is 38.0 Å². The summed E-state index contributed by atoms with van der Waals surface area (Å²) in [6.45, 7) is 3.71. The molecule has 0 aliphatic rings. The predicted molar refractivity (Wildman–Crippen MR) is 78.5 cm³/mol. The van der Waals surface area contributed by atoms with Gasteiger partial charge in [-0.2, -0.15) is 0 Å². The number of amides is 2. The molecule has 6 heteroatoms. The second kappa shape index (κ2) is 7.76. The smallest absolute Gasteiger partial charge is 0.248 e. The van der Waals surface area contributed by atoms with Crippen LogP contribution in [0.15, 0.2) is 18.2 Å². The lowest BCUT2D eigenvalue weighted by Gasteiger charge is -2.10. The molecule has 1 aromatic rings. The Morgan fingerprint density at radius 1 is 1.37 bits per heavy atom. The number of rotatable bonds is 5. The molecule has 0 saturated heterocycles.